The summed E-state index contributed by atoms with van der Waals surface area (Å²) >= 11 is 0. The normalized spacial score (nSPS) is 21.4. The second-order valence-electron chi connectivity index (χ2n) is 9.11. The van der Waals surface area contributed by atoms with Gasteiger partial charge in [0.05, 0.1) is 17.2 Å². The van der Waals surface area contributed by atoms with Crippen LogP contribution >= 0.6 is 0 Å². The number of nitrogens with zero attached hydrogens (tertiary/aromatic N) is 5. The average molecular weight is 488 g/mol. The van der Waals surface area contributed by atoms with Crippen molar-refractivity contribution >= 4 is 21.8 Å². The zero-order chi connectivity index (χ0) is 24.8. The SMILES string of the molecule is CN(C)C(=O)C1CC2(CCN(S(=O)(=O)N(C)C)CC2)CN1c1ccc(C#N)c(C(F)(F)F)c1. The smallest absolute Gasteiger partial charge is 0.359 e. The number of likely N-dealkylation sites (N-methyl/N-ethyl adjacent to an activating group) is 1. The molecule has 0 bridgehead atoms. The molecule has 0 aliphatic carbocycles. The topological polar surface area (TPSA) is 88.0 Å². The van der Waals surface area contributed by atoms with Gasteiger partial charge >= 0.3 is 6.18 Å². The molecule has 0 saturated carbocycles. The number of carbonyl (C=O) groups excluding carboxylic acids is 1. The summed E-state index contributed by atoms with van der Waals surface area (Å²) in [5.41, 5.74) is -1.69. The van der Waals surface area contributed by atoms with Gasteiger partial charge in [0, 0.05) is 53.5 Å². The molecule has 1 unspecified atom stereocenters. The van der Waals surface area contributed by atoms with Crippen molar-refractivity contribution in [2.24, 2.45) is 5.41 Å². The van der Waals surface area contributed by atoms with E-state index in [0.29, 0.717) is 25.8 Å². The molecule has 8 nitrogen and oxygen atoms in total. The fraction of sp³-hybridized carbons (Fsp3) is 0.619. The molecule has 1 aromatic carbocycles. The maximum atomic E-state index is 13.5. The van der Waals surface area contributed by atoms with Gasteiger partial charge < -0.3 is 9.80 Å². The van der Waals surface area contributed by atoms with Gasteiger partial charge in [-0.25, -0.2) is 0 Å². The number of amides is 1. The van der Waals surface area contributed by atoms with Crippen LogP contribution in [0.4, 0.5) is 18.9 Å². The molecule has 0 aromatic heterocycles. The van der Waals surface area contributed by atoms with Gasteiger partial charge in [-0.15, -0.1) is 0 Å². The van der Waals surface area contributed by atoms with E-state index in [9.17, 15) is 26.4 Å². The summed E-state index contributed by atoms with van der Waals surface area (Å²) in [5, 5.41) is 9.10. The summed E-state index contributed by atoms with van der Waals surface area (Å²) in [6.45, 7) is 0.882. The van der Waals surface area contributed by atoms with Gasteiger partial charge in [0.15, 0.2) is 0 Å². The fourth-order valence-corrected chi connectivity index (χ4v) is 5.78. The molecule has 2 aliphatic heterocycles. The van der Waals surface area contributed by atoms with Crippen LogP contribution in [0.25, 0.3) is 0 Å². The third-order valence-electron chi connectivity index (χ3n) is 6.57. The number of nitriles is 1. The maximum Gasteiger partial charge on any atom is 0.417 e. The van der Waals surface area contributed by atoms with Crippen molar-refractivity contribution in [3.63, 3.8) is 0 Å². The largest absolute Gasteiger partial charge is 0.417 e. The summed E-state index contributed by atoms with van der Waals surface area (Å²) in [5.74, 6) is -0.229. The lowest BCUT2D eigenvalue weighted by Crippen LogP contribution is -2.48. The van der Waals surface area contributed by atoms with Crippen LogP contribution in [-0.2, 0) is 21.2 Å². The molecule has 2 heterocycles. The minimum atomic E-state index is -4.70. The van der Waals surface area contributed by atoms with Gasteiger partial charge in [0.1, 0.15) is 6.04 Å². The predicted octanol–water partition coefficient (Wildman–Crippen LogP) is 2.13. The number of carbonyl (C=O) groups is 1. The summed E-state index contributed by atoms with van der Waals surface area (Å²) in [6.07, 6.45) is -3.29. The van der Waals surface area contributed by atoms with E-state index in [-0.39, 0.29) is 24.7 Å². The van der Waals surface area contributed by atoms with E-state index in [1.165, 1.54) is 29.4 Å². The highest BCUT2D eigenvalue weighted by molar-refractivity contribution is 7.86. The molecule has 12 heteroatoms. The third-order valence-corrected chi connectivity index (χ3v) is 8.51. The Kier molecular flexibility index (Phi) is 6.72. The number of alkyl halides is 3. The number of hydrogen-bond donors (Lipinski definition) is 0. The van der Waals surface area contributed by atoms with Crippen LogP contribution in [0.15, 0.2) is 18.2 Å². The van der Waals surface area contributed by atoms with E-state index >= 15 is 0 Å². The number of piperidine rings is 1. The van der Waals surface area contributed by atoms with Gasteiger partial charge in [-0.1, -0.05) is 0 Å². The molecular weight excluding hydrogens is 459 g/mol. The Morgan fingerprint density at radius 3 is 2.27 bits per heavy atom. The standard InChI is InChI=1S/C21H28F3N5O3S/c1-26(2)19(30)18-12-20(7-9-28(10-8-20)33(31,32)27(3)4)14-29(18)16-6-5-15(13-25)17(11-16)21(22,23)24/h5-6,11,18H,7-10,12,14H2,1-4H3. The Morgan fingerprint density at radius 1 is 1.18 bits per heavy atom. The van der Waals surface area contributed by atoms with Crippen molar-refractivity contribution in [2.75, 3.05) is 52.7 Å². The number of anilines is 1. The molecule has 1 amide bonds. The lowest BCUT2D eigenvalue weighted by molar-refractivity contribution is -0.137. The Bertz CT molecular complexity index is 1060. The van der Waals surface area contributed by atoms with Crippen LogP contribution in [0.1, 0.15) is 30.4 Å². The quantitative estimate of drug-likeness (QED) is 0.650. The third kappa shape index (κ3) is 4.81. The zero-order valence-electron chi connectivity index (χ0n) is 19.1. The molecule has 1 spiro atoms. The first kappa shape index (κ1) is 25.3. The Balaban J connectivity index is 1.94. The Labute approximate surface area is 192 Å². The van der Waals surface area contributed by atoms with E-state index < -0.39 is 39.0 Å². The predicted molar refractivity (Wildman–Crippen MR) is 116 cm³/mol. The molecule has 3 rings (SSSR count). The van der Waals surface area contributed by atoms with Gasteiger partial charge in [-0.2, -0.15) is 35.5 Å². The van der Waals surface area contributed by atoms with Crippen LogP contribution in [0.2, 0.25) is 0 Å². The molecule has 2 fully saturated rings. The lowest BCUT2D eigenvalue weighted by atomic mass is 9.77. The van der Waals surface area contributed by atoms with Crippen molar-refractivity contribution < 1.29 is 26.4 Å². The molecule has 1 aromatic rings. The summed E-state index contributed by atoms with van der Waals surface area (Å²) in [6, 6.07) is 4.40. The fourth-order valence-electron chi connectivity index (χ4n) is 4.67. The van der Waals surface area contributed by atoms with E-state index in [1.807, 2.05) is 0 Å². The van der Waals surface area contributed by atoms with Crippen LogP contribution in [-0.4, -0.2) is 81.7 Å². The number of hydrogen-bond acceptors (Lipinski definition) is 5. The van der Waals surface area contributed by atoms with Crippen molar-refractivity contribution in [3.8, 4) is 6.07 Å². The second-order valence-corrected chi connectivity index (χ2v) is 11.3. The van der Waals surface area contributed by atoms with E-state index in [4.69, 9.17) is 5.26 Å². The summed E-state index contributed by atoms with van der Waals surface area (Å²) in [7, 11) is 2.56. The van der Waals surface area contributed by atoms with Gasteiger partial charge in [-0.05, 0) is 42.9 Å². The van der Waals surface area contributed by atoms with E-state index in [0.717, 1.165) is 16.4 Å². The molecule has 2 saturated heterocycles. The van der Waals surface area contributed by atoms with Crippen molar-refractivity contribution in [3.05, 3.63) is 29.3 Å². The first-order chi connectivity index (χ1) is 15.2. The second kappa shape index (κ2) is 8.77. The number of rotatable bonds is 4. The van der Waals surface area contributed by atoms with Crippen molar-refractivity contribution in [2.45, 2.75) is 31.5 Å². The lowest BCUT2D eigenvalue weighted by Gasteiger charge is -2.39. The monoisotopic (exact) mass is 487 g/mol. The Hall–Kier alpha value is -2.36. The van der Waals surface area contributed by atoms with Gasteiger partial charge in [0.25, 0.3) is 10.2 Å². The van der Waals surface area contributed by atoms with E-state index in [2.05, 4.69) is 0 Å². The molecule has 2 aliphatic rings. The molecular formula is C21H28F3N5O3S. The Morgan fingerprint density at radius 2 is 1.79 bits per heavy atom. The highest BCUT2D eigenvalue weighted by Crippen LogP contribution is 2.46. The average Bonchev–Trinajstić information content (AvgIpc) is 3.11. The van der Waals surface area contributed by atoms with Crippen molar-refractivity contribution in [1.29, 1.82) is 5.26 Å². The molecule has 0 N–H and O–H groups in total. The highest BCUT2D eigenvalue weighted by atomic mass is 32.2. The van der Waals surface area contributed by atoms with Gasteiger partial charge in [-0.3, -0.25) is 4.79 Å². The zero-order valence-corrected chi connectivity index (χ0v) is 19.9. The first-order valence-electron chi connectivity index (χ1n) is 10.5. The van der Waals surface area contributed by atoms with E-state index in [1.54, 1.807) is 25.1 Å². The minimum Gasteiger partial charge on any atom is -0.359 e. The maximum absolute atomic E-state index is 13.5. The molecule has 182 valence electrons. The molecule has 1 atom stereocenters. The first-order valence-corrected chi connectivity index (χ1v) is 11.9. The van der Waals surface area contributed by atoms with Crippen LogP contribution in [0, 0.1) is 16.7 Å². The summed E-state index contributed by atoms with van der Waals surface area (Å²) in [4.78, 5) is 16.1. The van der Waals surface area contributed by atoms with Crippen LogP contribution in [0.5, 0.6) is 0 Å². The highest BCUT2D eigenvalue weighted by Gasteiger charge is 2.50. The van der Waals surface area contributed by atoms with Gasteiger partial charge in [0.2, 0.25) is 5.91 Å². The molecule has 0 radical (unpaired) electrons. The molecule has 33 heavy (non-hydrogen) atoms. The van der Waals surface area contributed by atoms with Crippen LogP contribution in [0.3, 0.4) is 0 Å². The number of benzene rings is 1. The van der Waals surface area contributed by atoms with Crippen LogP contribution < -0.4 is 4.90 Å². The number of halogens is 3. The minimum absolute atomic E-state index is 0.224. The summed E-state index contributed by atoms with van der Waals surface area (Å²) < 4.78 is 68.1. The van der Waals surface area contributed by atoms with Crippen molar-refractivity contribution in [1.82, 2.24) is 13.5 Å².